The highest BCUT2D eigenvalue weighted by Gasteiger charge is 2.47. The molecule has 0 fully saturated rings. The molecule has 0 aliphatic carbocycles. The second-order valence-corrected chi connectivity index (χ2v) is 7.42. The smallest absolute Gasteiger partial charge is 0.449 e. The molecule has 0 saturated carbocycles. The summed E-state index contributed by atoms with van der Waals surface area (Å²) in [7, 11) is 0. The van der Waals surface area contributed by atoms with Crippen LogP contribution in [0.1, 0.15) is 25.5 Å². The molecule has 0 aliphatic heterocycles. The maximum atomic E-state index is 13.0. The molecule has 20 heteroatoms. The topological polar surface area (TPSA) is 99.2 Å². The fourth-order valence-corrected chi connectivity index (χ4v) is 2.48. The van der Waals surface area contributed by atoms with E-state index in [9.17, 15) is 71.9 Å². The van der Waals surface area contributed by atoms with E-state index in [2.05, 4.69) is 14.2 Å². The Morgan fingerprint density at radius 3 is 1.51 bits per heavy atom. The number of alkyl halides is 12. The van der Waals surface area contributed by atoms with E-state index >= 15 is 0 Å². The first-order valence-corrected chi connectivity index (χ1v) is 9.73. The first kappa shape index (κ1) is 33.3. The molecule has 220 valence electrons. The van der Waals surface area contributed by atoms with Gasteiger partial charge in [0, 0.05) is 6.04 Å². The molecule has 8 nitrogen and oxygen atoms in total. The van der Waals surface area contributed by atoms with Crippen molar-refractivity contribution in [2.45, 2.75) is 50.7 Å². The fourth-order valence-electron chi connectivity index (χ4n) is 2.48. The monoisotopic (exact) mass is 595 g/mol. The van der Waals surface area contributed by atoms with E-state index < -0.39 is 84.3 Å². The Morgan fingerprint density at radius 2 is 1.13 bits per heavy atom. The molecule has 0 bridgehead atoms. The molecule has 39 heavy (non-hydrogen) atoms. The molecular weight excluding hydrogens is 582 g/mol. The molecule has 0 aliphatic rings. The standard InChI is InChI=1S/C19H13F12NO7/c1-7(2)32(12(33)16(20,21)22)6-11(39-15(36)19(29,30)31)8-3-4-9(37-13(34)17(23,24)25)10(5-8)38-14(35)18(26,27)28/h3-5,7,11H,6H2,1-2H3. The molecule has 0 saturated heterocycles. The zero-order valence-electron chi connectivity index (χ0n) is 18.9. The van der Waals surface area contributed by atoms with Crippen LogP contribution in [0.3, 0.4) is 0 Å². The predicted molar refractivity (Wildman–Crippen MR) is 97.6 cm³/mol. The quantitative estimate of drug-likeness (QED) is 0.259. The minimum Gasteiger partial charge on any atom is -0.449 e. The highest BCUT2D eigenvalue weighted by atomic mass is 19.4. The van der Waals surface area contributed by atoms with Gasteiger partial charge in [-0.2, -0.15) is 52.7 Å². The number of carbonyl (C=O) groups is 4. The lowest BCUT2D eigenvalue weighted by Crippen LogP contribution is -2.47. The van der Waals surface area contributed by atoms with Gasteiger partial charge in [0.05, 0.1) is 6.54 Å². The molecule has 1 atom stereocenters. The number of halogens is 12. The van der Waals surface area contributed by atoms with Crippen molar-refractivity contribution in [2.24, 2.45) is 0 Å². The number of ether oxygens (including phenoxy) is 3. The second-order valence-electron chi connectivity index (χ2n) is 7.42. The summed E-state index contributed by atoms with van der Waals surface area (Å²) in [5, 5.41) is 0. The zero-order chi connectivity index (χ0) is 30.7. The average Bonchev–Trinajstić information content (AvgIpc) is 2.74. The summed E-state index contributed by atoms with van der Waals surface area (Å²) in [4.78, 5) is 45.2. The Bertz CT molecular complexity index is 1090. The summed E-state index contributed by atoms with van der Waals surface area (Å²) in [5.41, 5.74) is -1.02. The van der Waals surface area contributed by atoms with Gasteiger partial charge >= 0.3 is 48.5 Å². The molecule has 0 aromatic heterocycles. The fraction of sp³-hybridized carbons (Fsp3) is 0.474. The van der Waals surface area contributed by atoms with Crippen molar-refractivity contribution in [3.05, 3.63) is 23.8 Å². The summed E-state index contributed by atoms with van der Waals surface area (Å²) in [5.74, 6) is -15.1. The number of hydrogen-bond donors (Lipinski definition) is 0. The lowest BCUT2D eigenvalue weighted by molar-refractivity contribution is -0.208. The van der Waals surface area contributed by atoms with Crippen LogP contribution in [0.2, 0.25) is 0 Å². The van der Waals surface area contributed by atoms with Crippen LogP contribution in [0.5, 0.6) is 11.5 Å². The summed E-state index contributed by atoms with van der Waals surface area (Å²) < 4.78 is 164. The summed E-state index contributed by atoms with van der Waals surface area (Å²) in [6.45, 7) is 0.358. The number of esters is 3. The highest BCUT2D eigenvalue weighted by molar-refractivity contribution is 5.83. The Hall–Kier alpha value is -3.74. The molecule has 1 unspecified atom stereocenters. The van der Waals surface area contributed by atoms with Crippen molar-refractivity contribution >= 4 is 23.8 Å². The van der Waals surface area contributed by atoms with E-state index in [0.29, 0.717) is 6.07 Å². The third-order valence-corrected chi connectivity index (χ3v) is 4.18. The maximum Gasteiger partial charge on any atom is 0.491 e. The van der Waals surface area contributed by atoms with E-state index in [1.807, 2.05) is 0 Å². The number of rotatable bonds is 7. The van der Waals surface area contributed by atoms with Gasteiger partial charge in [0.15, 0.2) is 11.5 Å². The first-order valence-electron chi connectivity index (χ1n) is 9.73. The van der Waals surface area contributed by atoms with Gasteiger partial charge in [-0.15, -0.1) is 0 Å². The van der Waals surface area contributed by atoms with Crippen molar-refractivity contribution in [3.8, 4) is 11.5 Å². The van der Waals surface area contributed by atoms with E-state index in [0.717, 1.165) is 13.8 Å². The van der Waals surface area contributed by atoms with E-state index in [-0.39, 0.29) is 17.0 Å². The first-order chi connectivity index (χ1) is 17.4. The molecule has 1 amide bonds. The number of hydrogen-bond acceptors (Lipinski definition) is 7. The van der Waals surface area contributed by atoms with Crippen molar-refractivity contribution in [1.82, 2.24) is 4.90 Å². The second kappa shape index (κ2) is 11.6. The van der Waals surface area contributed by atoms with Gasteiger partial charge in [-0.3, -0.25) is 4.79 Å². The minimum absolute atomic E-state index is 0.0213. The molecule has 0 N–H and O–H groups in total. The maximum absolute atomic E-state index is 13.0. The number of benzene rings is 1. The SMILES string of the molecule is CC(C)N(CC(OC(=O)C(F)(F)F)c1ccc(OC(=O)C(F)(F)F)c(OC(=O)C(F)(F)F)c1)C(=O)C(F)(F)F. The van der Waals surface area contributed by atoms with Gasteiger partial charge in [-0.05, 0) is 31.5 Å². The Balaban J connectivity index is 3.70. The minimum atomic E-state index is -5.82. The largest absolute Gasteiger partial charge is 0.491 e. The normalized spacial score (nSPS) is 13.5. The van der Waals surface area contributed by atoms with Gasteiger partial charge < -0.3 is 19.1 Å². The lowest BCUT2D eigenvalue weighted by atomic mass is 10.1. The third kappa shape index (κ3) is 9.50. The van der Waals surface area contributed by atoms with E-state index in [4.69, 9.17) is 0 Å². The summed E-state index contributed by atoms with van der Waals surface area (Å²) in [6, 6.07) is -0.916. The van der Waals surface area contributed by atoms with Crippen LogP contribution in [0, 0.1) is 0 Å². The van der Waals surface area contributed by atoms with Crippen LogP contribution >= 0.6 is 0 Å². The lowest BCUT2D eigenvalue weighted by Gasteiger charge is -2.31. The van der Waals surface area contributed by atoms with Crippen molar-refractivity contribution in [1.29, 1.82) is 0 Å². The number of nitrogens with zero attached hydrogens (tertiary/aromatic N) is 1. The third-order valence-electron chi connectivity index (χ3n) is 4.18. The average molecular weight is 595 g/mol. The summed E-state index contributed by atoms with van der Waals surface area (Å²) >= 11 is 0. The van der Waals surface area contributed by atoms with Gasteiger partial charge in [0.25, 0.3) is 0 Å². The molecule has 0 heterocycles. The molecule has 0 spiro atoms. The van der Waals surface area contributed by atoms with Gasteiger partial charge in [0.1, 0.15) is 6.10 Å². The van der Waals surface area contributed by atoms with Gasteiger partial charge in [-0.1, -0.05) is 6.07 Å². The van der Waals surface area contributed by atoms with Gasteiger partial charge in [0.2, 0.25) is 0 Å². The van der Waals surface area contributed by atoms with Crippen LogP contribution in [0.25, 0.3) is 0 Å². The Kier molecular flexibility index (Phi) is 9.87. The molecular formula is C19H13F12NO7. The van der Waals surface area contributed by atoms with Crippen LogP contribution in [0.15, 0.2) is 18.2 Å². The number of carbonyl (C=O) groups excluding carboxylic acids is 4. The van der Waals surface area contributed by atoms with E-state index in [1.54, 1.807) is 0 Å². The van der Waals surface area contributed by atoms with Crippen LogP contribution < -0.4 is 9.47 Å². The van der Waals surface area contributed by atoms with Crippen molar-refractivity contribution in [3.63, 3.8) is 0 Å². The Labute approximate surface area is 208 Å². The van der Waals surface area contributed by atoms with Crippen LogP contribution in [0.4, 0.5) is 52.7 Å². The molecule has 0 radical (unpaired) electrons. The zero-order valence-corrected chi connectivity index (χ0v) is 18.9. The molecule has 1 aromatic rings. The number of amides is 1. The predicted octanol–water partition coefficient (Wildman–Crippen LogP) is 4.57. The molecule has 1 rings (SSSR count). The molecule has 1 aromatic carbocycles. The van der Waals surface area contributed by atoms with Crippen molar-refractivity contribution < 1.29 is 86.1 Å². The van der Waals surface area contributed by atoms with Gasteiger partial charge in [-0.25, -0.2) is 14.4 Å². The van der Waals surface area contributed by atoms with Crippen molar-refractivity contribution in [2.75, 3.05) is 6.54 Å². The van der Waals surface area contributed by atoms with Crippen LogP contribution in [-0.2, 0) is 23.9 Å². The highest BCUT2D eigenvalue weighted by Crippen LogP contribution is 2.36. The van der Waals surface area contributed by atoms with E-state index in [1.165, 1.54) is 0 Å². The summed E-state index contributed by atoms with van der Waals surface area (Å²) in [6.07, 6.45) is -25.6. The van der Waals surface area contributed by atoms with Crippen LogP contribution in [-0.4, -0.2) is 66.0 Å². The Morgan fingerprint density at radius 1 is 0.692 bits per heavy atom.